The predicted molar refractivity (Wildman–Crippen MR) is 126 cm³/mol. The number of nitrogens with one attached hydrogen (secondary N) is 2. The van der Waals surface area contributed by atoms with Crippen LogP contribution in [-0.2, 0) is 19.5 Å². The zero-order chi connectivity index (χ0) is 19.2. The number of aliphatic imine (C=N–C) groups is 1. The summed E-state index contributed by atoms with van der Waals surface area (Å²) < 4.78 is 7.92. The minimum absolute atomic E-state index is 0. The Balaban J connectivity index is 0.00000240. The van der Waals surface area contributed by atoms with Crippen molar-refractivity contribution in [3.8, 4) is 5.75 Å². The smallest absolute Gasteiger partial charge is 0.191 e. The maximum atomic E-state index is 5.97. The van der Waals surface area contributed by atoms with Crippen molar-refractivity contribution in [2.75, 3.05) is 13.6 Å². The fourth-order valence-corrected chi connectivity index (χ4v) is 3.34. The number of para-hydroxylation sites is 1. The number of nitrogens with zero attached hydrogens (tertiary/aromatic N) is 3. The first-order valence-corrected chi connectivity index (χ1v) is 9.54. The Hall–Kier alpha value is -2.55. The van der Waals surface area contributed by atoms with E-state index >= 15 is 0 Å². The van der Waals surface area contributed by atoms with Crippen LogP contribution in [0.15, 0.2) is 72.0 Å². The molecule has 2 heterocycles. The summed E-state index contributed by atoms with van der Waals surface area (Å²) in [4.78, 5) is 4.30. The van der Waals surface area contributed by atoms with Crippen molar-refractivity contribution in [3.05, 3.63) is 83.7 Å². The van der Waals surface area contributed by atoms with Crippen molar-refractivity contribution in [3.63, 3.8) is 0 Å². The molecule has 0 spiro atoms. The molecule has 1 aliphatic heterocycles. The van der Waals surface area contributed by atoms with Gasteiger partial charge in [0.05, 0.1) is 19.3 Å². The van der Waals surface area contributed by atoms with Crippen molar-refractivity contribution in [1.82, 2.24) is 20.4 Å². The number of hydrogen-bond acceptors (Lipinski definition) is 3. The Labute approximate surface area is 188 Å². The Morgan fingerprint density at radius 1 is 1.10 bits per heavy atom. The summed E-state index contributed by atoms with van der Waals surface area (Å²) in [6.45, 7) is 2.15. The third kappa shape index (κ3) is 5.72. The summed E-state index contributed by atoms with van der Waals surface area (Å²) in [5.74, 6) is 1.75. The molecule has 1 unspecified atom stereocenters. The summed E-state index contributed by atoms with van der Waals surface area (Å²) >= 11 is 0. The minimum Gasteiger partial charge on any atom is -0.488 e. The van der Waals surface area contributed by atoms with E-state index < -0.39 is 0 Å². The Kier molecular flexibility index (Phi) is 7.51. The van der Waals surface area contributed by atoms with Crippen LogP contribution in [0.4, 0.5) is 0 Å². The molecular formula is C22H26IN5O. The molecule has 0 saturated heterocycles. The molecule has 2 aromatic carbocycles. The van der Waals surface area contributed by atoms with Crippen LogP contribution in [0, 0.1) is 0 Å². The monoisotopic (exact) mass is 503 g/mol. The summed E-state index contributed by atoms with van der Waals surface area (Å²) in [5, 5.41) is 11.1. The quantitative estimate of drug-likeness (QED) is 0.308. The number of halogens is 1. The van der Waals surface area contributed by atoms with Crippen LogP contribution < -0.4 is 15.4 Å². The highest BCUT2D eigenvalue weighted by Gasteiger charge is 2.22. The highest BCUT2D eigenvalue weighted by Crippen LogP contribution is 2.27. The largest absolute Gasteiger partial charge is 0.488 e. The summed E-state index contributed by atoms with van der Waals surface area (Å²) in [6, 6.07) is 18.5. The third-order valence-corrected chi connectivity index (χ3v) is 4.77. The van der Waals surface area contributed by atoms with Gasteiger partial charge in [-0.3, -0.25) is 9.67 Å². The van der Waals surface area contributed by atoms with Crippen LogP contribution in [0.3, 0.4) is 0 Å². The van der Waals surface area contributed by atoms with Crippen LogP contribution in [0.2, 0.25) is 0 Å². The molecule has 1 aromatic heterocycles. The zero-order valence-corrected chi connectivity index (χ0v) is 18.7. The van der Waals surface area contributed by atoms with E-state index in [4.69, 9.17) is 4.74 Å². The van der Waals surface area contributed by atoms with E-state index in [1.165, 1.54) is 11.1 Å². The second-order valence-electron chi connectivity index (χ2n) is 6.89. The first-order chi connectivity index (χ1) is 13.8. The van der Waals surface area contributed by atoms with Crippen molar-refractivity contribution in [2.45, 2.75) is 25.6 Å². The maximum Gasteiger partial charge on any atom is 0.191 e. The molecule has 29 heavy (non-hydrogen) atoms. The van der Waals surface area contributed by atoms with Crippen molar-refractivity contribution in [2.24, 2.45) is 4.99 Å². The van der Waals surface area contributed by atoms with Crippen molar-refractivity contribution >= 4 is 29.9 Å². The summed E-state index contributed by atoms with van der Waals surface area (Å²) in [7, 11) is 1.78. The molecule has 6 nitrogen and oxygen atoms in total. The minimum atomic E-state index is 0. The first-order valence-electron chi connectivity index (χ1n) is 9.54. The molecule has 4 rings (SSSR count). The summed E-state index contributed by atoms with van der Waals surface area (Å²) in [6.07, 6.45) is 5.00. The lowest BCUT2D eigenvalue weighted by Crippen LogP contribution is -2.41. The lowest BCUT2D eigenvalue weighted by Gasteiger charge is -2.15. The standard InChI is InChI=1S/C22H25N5O.HI/c1-23-22(25-14-20-11-19-9-5-6-10-21(19)28-20)24-12-18-13-26-27(16-18)15-17-7-3-2-4-8-17;/h2-10,13,16,20H,11-12,14-15H2,1H3,(H2,23,24,25);1H. The van der Waals surface area contributed by atoms with Gasteiger partial charge in [0.25, 0.3) is 0 Å². The predicted octanol–water partition coefficient (Wildman–Crippen LogP) is 3.22. The molecule has 0 aliphatic carbocycles. The van der Waals surface area contributed by atoms with Crippen LogP contribution in [0.1, 0.15) is 16.7 Å². The second kappa shape index (κ2) is 10.3. The number of fused-ring (bicyclic) bond motifs is 1. The van der Waals surface area contributed by atoms with Gasteiger partial charge in [-0.1, -0.05) is 48.5 Å². The first kappa shape index (κ1) is 21.2. The molecule has 1 aliphatic rings. The Morgan fingerprint density at radius 3 is 2.69 bits per heavy atom. The zero-order valence-electron chi connectivity index (χ0n) is 16.4. The molecule has 0 radical (unpaired) electrons. The van der Waals surface area contributed by atoms with Gasteiger partial charge in [0, 0.05) is 31.8 Å². The van der Waals surface area contributed by atoms with Crippen LogP contribution >= 0.6 is 24.0 Å². The molecular weight excluding hydrogens is 477 g/mol. The van der Waals surface area contributed by atoms with E-state index in [-0.39, 0.29) is 30.1 Å². The van der Waals surface area contributed by atoms with Gasteiger partial charge >= 0.3 is 0 Å². The molecule has 0 bridgehead atoms. The van der Waals surface area contributed by atoms with Crippen LogP contribution in [0.5, 0.6) is 5.75 Å². The van der Waals surface area contributed by atoms with Gasteiger partial charge in [-0.2, -0.15) is 5.10 Å². The molecule has 2 N–H and O–H groups in total. The number of rotatable bonds is 6. The van der Waals surface area contributed by atoms with Gasteiger partial charge in [-0.15, -0.1) is 24.0 Å². The van der Waals surface area contributed by atoms with E-state index in [0.717, 1.165) is 30.2 Å². The molecule has 152 valence electrons. The highest BCUT2D eigenvalue weighted by atomic mass is 127. The number of aromatic nitrogens is 2. The third-order valence-electron chi connectivity index (χ3n) is 4.77. The fourth-order valence-electron chi connectivity index (χ4n) is 3.34. The topological polar surface area (TPSA) is 63.5 Å². The van der Waals surface area contributed by atoms with Gasteiger partial charge in [-0.25, -0.2) is 0 Å². The number of hydrogen-bond donors (Lipinski definition) is 2. The fraction of sp³-hybridized carbons (Fsp3) is 0.273. The molecule has 7 heteroatoms. The second-order valence-corrected chi connectivity index (χ2v) is 6.89. The number of benzene rings is 2. The van der Waals surface area contributed by atoms with Gasteiger partial charge < -0.3 is 15.4 Å². The summed E-state index contributed by atoms with van der Waals surface area (Å²) in [5.41, 5.74) is 3.62. The lowest BCUT2D eigenvalue weighted by atomic mass is 10.1. The van der Waals surface area contributed by atoms with Crippen molar-refractivity contribution < 1.29 is 4.74 Å². The van der Waals surface area contributed by atoms with Crippen LogP contribution in [0.25, 0.3) is 0 Å². The molecule has 0 fully saturated rings. The van der Waals surface area contributed by atoms with Crippen LogP contribution in [-0.4, -0.2) is 35.4 Å². The lowest BCUT2D eigenvalue weighted by molar-refractivity contribution is 0.235. The van der Waals surface area contributed by atoms with Gasteiger partial charge in [-0.05, 0) is 17.2 Å². The molecule has 1 atom stereocenters. The van der Waals surface area contributed by atoms with E-state index in [0.29, 0.717) is 13.1 Å². The Bertz CT molecular complexity index is 916. The van der Waals surface area contributed by atoms with Gasteiger partial charge in [0.15, 0.2) is 5.96 Å². The Morgan fingerprint density at radius 2 is 1.90 bits per heavy atom. The maximum absolute atomic E-state index is 5.97. The van der Waals surface area contributed by atoms with E-state index in [9.17, 15) is 0 Å². The number of guanidine groups is 1. The number of ether oxygens (including phenoxy) is 1. The molecule has 0 amide bonds. The van der Waals surface area contributed by atoms with Gasteiger partial charge in [0.1, 0.15) is 11.9 Å². The van der Waals surface area contributed by atoms with E-state index in [2.05, 4.69) is 51.2 Å². The van der Waals surface area contributed by atoms with E-state index in [1.54, 1.807) is 7.05 Å². The van der Waals surface area contributed by atoms with Gasteiger partial charge in [0.2, 0.25) is 0 Å². The van der Waals surface area contributed by atoms with E-state index in [1.807, 2.05) is 41.2 Å². The highest BCUT2D eigenvalue weighted by molar-refractivity contribution is 14.0. The van der Waals surface area contributed by atoms with Crippen molar-refractivity contribution in [1.29, 1.82) is 0 Å². The average molecular weight is 503 g/mol. The average Bonchev–Trinajstić information content (AvgIpc) is 3.35. The SMILES string of the molecule is CN=C(NCc1cnn(Cc2ccccc2)c1)NCC1Cc2ccccc2O1.I. The molecule has 0 saturated carbocycles. The molecule has 3 aromatic rings. The normalized spacial score (nSPS) is 15.2.